The highest BCUT2D eigenvalue weighted by Gasteiger charge is 2.49. The summed E-state index contributed by atoms with van der Waals surface area (Å²) in [5, 5.41) is 0. The van der Waals surface area contributed by atoms with Crippen molar-refractivity contribution in [1.29, 1.82) is 0 Å². The molecule has 1 saturated carbocycles. The van der Waals surface area contributed by atoms with Gasteiger partial charge in [0.05, 0.1) is 5.75 Å². The van der Waals surface area contributed by atoms with Crippen molar-refractivity contribution in [3.05, 3.63) is 35.1 Å². The van der Waals surface area contributed by atoms with Crippen LogP contribution in [0, 0.1) is 11.7 Å². The quantitative estimate of drug-likeness (QED) is 0.884. The summed E-state index contributed by atoms with van der Waals surface area (Å²) in [6.07, 6.45) is 2.06. The summed E-state index contributed by atoms with van der Waals surface area (Å²) in [5.74, 6) is -0.640. The molecule has 25 heavy (non-hydrogen) atoms. The van der Waals surface area contributed by atoms with E-state index in [0.717, 1.165) is 12.8 Å². The third kappa shape index (κ3) is 3.10. The molecule has 0 saturated heterocycles. The van der Waals surface area contributed by atoms with Gasteiger partial charge in [0, 0.05) is 17.9 Å². The maximum atomic E-state index is 14.5. The molecule has 5 nitrogen and oxygen atoms in total. The molecular weight excluding hydrogens is 343 g/mol. The minimum Gasteiger partial charge on any atom is -0.386 e. The number of nitrogens with two attached hydrogens (primary N) is 1. The summed E-state index contributed by atoms with van der Waals surface area (Å²) < 4.78 is 38.5. The van der Waals surface area contributed by atoms with E-state index in [4.69, 9.17) is 5.73 Å². The van der Waals surface area contributed by atoms with Gasteiger partial charge in [0.25, 0.3) is 0 Å². The van der Waals surface area contributed by atoms with Crippen molar-refractivity contribution in [2.24, 2.45) is 16.6 Å². The third-order valence-corrected chi connectivity index (χ3v) is 7.96. The number of aliphatic imine (C=N–C) groups is 1. The van der Waals surface area contributed by atoms with Gasteiger partial charge in [0.15, 0.2) is 9.84 Å². The summed E-state index contributed by atoms with van der Waals surface area (Å²) in [6, 6.07) is 4.39. The van der Waals surface area contributed by atoms with E-state index < -0.39 is 25.9 Å². The topological polar surface area (TPSA) is 89.6 Å². The minimum absolute atomic E-state index is 0.0277. The molecule has 0 spiro atoms. The maximum Gasteiger partial charge on any atom is 0.165 e. The Kier molecular flexibility index (Phi) is 4.06. The Morgan fingerprint density at radius 3 is 2.52 bits per heavy atom. The van der Waals surface area contributed by atoms with Gasteiger partial charge >= 0.3 is 0 Å². The predicted molar refractivity (Wildman–Crippen MR) is 94.7 cm³/mol. The van der Waals surface area contributed by atoms with Crippen molar-refractivity contribution in [3.63, 3.8) is 0 Å². The van der Waals surface area contributed by atoms with Crippen LogP contribution in [0.15, 0.2) is 23.2 Å². The van der Waals surface area contributed by atoms with E-state index in [1.54, 1.807) is 19.1 Å². The second kappa shape index (κ2) is 5.62. The average Bonchev–Trinajstić information content (AvgIpc) is 3.31. The second-order valence-electron chi connectivity index (χ2n) is 7.77. The Balaban J connectivity index is 2.03. The van der Waals surface area contributed by atoms with Crippen LogP contribution < -0.4 is 5.73 Å². The number of hydrogen-bond acceptors (Lipinski definition) is 5. The zero-order valence-corrected chi connectivity index (χ0v) is 15.5. The first kappa shape index (κ1) is 18.0. The molecule has 1 aromatic rings. The van der Waals surface area contributed by atoms with E-state index in [0.29, 0.717) is 5.56 Å². The molecular formula is C18H23FN2O3S. The van der Waals surface area contributed by atoms with Gasteiger partial charge in [0.2, 0.25) is 0 Å². The van der Waals surface area contributed by atoms with Crippen LogP contribution in [0.25, 0.3) is 0 Å². The molecule has 1 atom stereocenters. The average molecular weight is 366 g/mol. The second-order valence-corrected chi connectivity index (χ2v) is 10.3. The lowest BCUT2D eigenvalue weighted by Gasteiger charge is -2.38. The first-order chi connectivity index (χ1) is 11.5. The lowest BCUT2D eigenvalue weighted by molar-refractivity contribution is -0.119. The van der Waals surface area contributed by atoms with Gasteiger partial charge in [-0.05, 0) is 51.3 Å². The lowest BCUT2D eigenvalue weighted by Crippen LogP contribution is -2.55. The van der Waals surface area contributed by atoms with E-state index in [1.165, 1.54) is 19.9 Å². The van der Waals surface area contributed by atoms with Gasteiger partial charge in [-0.2, -0.15) is 0 Å². The summed E-state index contributed by atoms with van der Waals surface area (Å²) in [4.78, 5) is 16.4. The molecule has 3 rings (SSSR count). The highest BCUT2D eigenvalue weighted by molar-refractivity contribution is 7.93. The van der Waals surface area contributed by atoms with Crippen molar-refractivity contribution in [3.8, 4) is 0 Å². The maximum absolute atomic E-state index is 14.5. The van der Waals surface area contributed by atoms with E-state index >= 15 is 0 Å². The number of carbonyl (C=O) groups excluding carboxylic acids is 1. The summed E-state index contributed by atoms with van der Waals surface area (Å²) in [5.41, 5.74) is 5.44. The third-order valence-electron chi connectivity index (χ3n) is 5.25. The van der Waals surface area contributed by atoms with Gasteiger partial charge in [-0.1, -0.05) is 6.07 Å². The highest BCUT2D eigenvalue weighted by atomic mass is 32.2. The van der Waals surface area contributed by atoms with Crippen LogP contribution in [0.2, 0.25) is 0 Å². The standard InChI is InChI=1S/C18H23FN2O3S/c1-17(2)16(20)21-18(3,10-25(17,23)24)13-8-11(4-7-14(13)19)9-15(22)12-5-6-12/h4,7-8,12H,5-6,9-10H2,1-3H3,(H2,20,21)/t18-/m0/s1. The molecule has 2 N–H and O–H groups in total. The van der Waals surface area contributed by atoms with Crippen molar-refractivity contribution in [1.82, 2.24) is 0 Å². The first-order valence-corrected chi connectivity index (χ1v) is 10.0. The minimum atomic E-state index is -3.61. The molecule has 1 fully saturated rings. The van der Waals surface area contributed by atoms with Crippen molar-refractivity contribution >= 4 is 21.5 Å². The summed E-state index contributed by atoms with van der Waals surface area (Å²) in [6.45, 7) is 4.57. The zero-order valence-electron chi connectivity index (χ0n) is 14.7. The van der Waals surface area contributed by atoms with E-state index in [-0.39, 0.29) is 35.3 Å². The molecule has 2 aliphatic rings. The first-order valence-electron chi connectivity index (χ1n) is 8.36. The molecule has 0 aromatic heterocycles. The van der Waals surface area contributed by atoms with E-state index in [9.17, 15) is 17.6 Å². The number of hydrogen-bond donors (Lipinski definition) is 1. The predicted octanol–water partition coefficient (Wildman–Crippen LogP) is 2.13. The van der Waals surface area contributed by atoms with Crippen LogP contribution in [0.5, 0.6) is 0 Å². The fourth-order valence-electron chi connectivity index (χ4n) is 3.13. The number of Topliss-reactive ketones (excluding diaryl/α,β-unsaturated/α-hetero) is 1. The number of carbonyl (C=O) groups is 1. The van der Waals surface area contributed by atoms with Gasteiger partial charge in [0.1, 0.15) is 27.7 Å². The van der Waals surface area contributed by atoms with Crippen molar-refractivity contribution in [2.75, 3.05) is 5.75 Å². The lowest BCUT2D eigenvalue weighted by atomic mass is 9.90. The Morgan fingerprint density at radius 2 is 1.96 bits per heavy atom. The van der Waals surface area contributed by atoms with Gasteiger partial charge in [-0.3, -0.25) is 9.79 Å². The normalized spacial score (nSPS) is 27.6. The Labute approximate surface area is 147 Å². The van der Waals surface area contributed by atoms with Gasteiger partial charge in [-0.15, -0.1) is 0 Å². The largest absolute Gasteiger partial charge is 0.386 e. The Morgan fingerprint density at radius 1 is 1.32 bits per heavy atom. The fraction of sp³-hybridized carbons (Fsp3) is 0.556. The Bertz CT molecular complexity index is 872. The smallest absolute Gasteiger partial charge is 0.165 e. The molecule has 1 aliphatic heterocycles. The number of benzene rings is 1. The number of ketones is 1. The van der Waals surface area contributed by atoms with Gasteiger partial charge in [-0.25, -0.2) is 12.8 Å². The molecule has 1 aliphatic carbocycles. The van der Waals surface area contributed by atoms with Crippen LogP contribution >= 0.6 is 0 Å². The molecule has 1 aromatic carbocycles. The van der Waals surface area contributed by atoms with Gasteiger partial charge < -0.3 is 5.73 Å². The molecule has 1 heterocycles. The van der Waals surface area contributed by atoms with Crippen LogP contribution in [0.1, 0.15) is 44.7 Å². The number of amidine groups is 1. The van der Waals surface area contributed by atoms with E-state index in [2.05, 4.69) is 4.99 Å². The SMILES string of the molecule is CC1(C)C(N)=N[C@](C)(c2cc(CC(=O)C3CC3)ccc2F)CS1(=O)=O. The molecule has 7 heteroatoms. The number of halogens is 1. The highest BCUT2D eigenvalue weighted by Crippen LogP contribution is 2.38. The molecule has 0 unspecified atom stereocenters. The zero-order chi connectivity index (χ0) is 18.6. The van der Waals surface area contributed by atoms with Crippen LogP contribution in [0.3, 0.4) is 0 Å². The van der Waals surface area contributed by atoms with Crippen LogP contribution in [-0.2, 0) is 26.6 Å². The fourth-order valence-corrected chi connectivity index (χ4v) is 4.81. The van der Waals surface area contributed by atoms with E-state index in [1.807, 2.05) is 0 Å². The number of sulfone groups is 1. The summed E-state index contributed by atoms with van der Waals surface area (Å²) in [7, 11) is -3.61. The van der Waals surface area contributed by atoms with Crippen molar-refractivity contribution < 1.29 is 17.6 Å². The number of nitrogens with zero attached hydrogens (tertiary/aromatic N) is 1. The molecule has 0 bridgehead atoms. The molecule has 0 amide bonds. The van der Waals surface area contributed by atoms with Crippen LogP contribution in [-0.4, -0.2) is 30.5 Å². The summed E-state index contributed by atoms with van der Waals surface area (Å²) >= 11 is 0. The molecule has 0 radical (unpaired) electrons. The monoisotopic (exact) mass is 366 g/mol. The van der Waals surface area contributed by atoms with Crippen LogP contribution in [0.4, 0.5) is 4.39 Å². The van der Waals surface area contributed by atoms with Crippen molar-refractivity contribution in [2.45, 2.75) is 50.3 Å². The number of rotatable bonds is 4. The molecule has 136 valence electrons. The Hall–Kier alpha value is -1.76.